The summed E-state index contributed by atoms with van der Waals surface area (Å²) in [5.41, 5.74) is 4.59. The van der Waals surface area contributed by atoms with Gasteiger partial charge in [0.2, 0.25) is 11.8 Å². The van der Waals surface area contributed by atoms with Gasteiger partial charge < -0.3 is 21.7 Å². The van der Waals surface area contributed by atoms with E-state index in [0.29, 0.717) is 0 Å². The molecule has 8 nitrogen and oxygen atoms in total. The Morgan fingerprint density at radius 2 is 1.36 bits per heavy atom. The van der Waals surface area contributed by atoms with Gasteiger partial charge in [-0.3, -0.25) is 19.2 Å². The van der Waals surface area contributed by atoms with Crippen molar-refractivity contribution in [2.75, 3.05) is 13.6 Å². The van der Waals surface area contributed by atoms with Crippen LogP contribution in [0.1, 0.15) is 34.6 Å². The lowest BCUT2D eigenvalue weighted by Gasteiger charge is -2.19. The number of primary amides is 1. The molecule has 0 aliphatic carbocycles. The van der Waals surface area contributed by atoms with Crippen molar-refractivity contribution in [1.82, 2.24) is 16.0 Å². The Hall–Kier alpha value is -1.74. The molecule has 0 aliphatic heterocycles. The highest BCUT2D eigenvalue weighted by Crippen LogP contribution is 2.41. The van der Waals surface area contributed by atoms with Crippen LogP contribution in [0.5, 0.6) is 0 Å². The minimum Gasteiger partial charge on any atom is -0.368 e. The standard InChI is InChI=1S/C16H18Cl4N4O4/c1-5(2)13(14(21)26)24-6(25)4-23-16(28)8-7(15(27)22-3)9(17)11(19)12(20)10(8)18/h5,13H,4H2,1-3H3,(H2,21,26)(H,22,27)(H,23,28)(H,24,25)/t13-/m0/s1. The van der Waals surface area contributed by atoms with Gasteiger partial charge in [-0.25, -0.2) is 0 Å². The van der Waals surface area contributed by atoms with Crippen LogP contribution in [0.4, 0.5) is 0 Å². The normalized spacial score (nSPS) is 11.7. The Kier molecular flexibility index (Phi) is 8.81. The van der Waals surface area contributed by atoms with E-state index in [9.17, 15) is 19.2 Å². The van der Waals surface area contributed by atoms with Crippen LogP contribution >= 0.6 is 46.4 Å². The van der Waals surface area contributed by atoms with Crippen molar-refractivity contribution >= 4 is 70.0 Å². The highest BCUT2D eigenvalue weighted by atomic mass is 35.5. The first-order valence-electron chi connectivity index (χ1n) is 7.88. The van der Waals surface area contributed by atoms with Crippen molar-refractivity contribution in [2.45, 2.75) is 19.9 Å². The summed E-state index contributed by atoms with van der Waals surface area (Å²) in [6, 6.07) is -0.908. The van der Waals surface area contributed by atoms with Crippen LogP contribution in [-0.4, -0.2) is 43.3 Å². The van der Waals surface area contributed by atoms with Crippen LogP contribution in [0.3, 0.4) is 0 Å². The molecular weight excluding hydrogens is 454 g/mol. The third-order valence-electron chi connectivity index (χ3n) is 3.65. The van der Waals surface area contributed by atoms with Gasteiger partial charge in [-0.05, 0) is 5.92 Å². The van der Waals surface area contributed by atoms with E-state index in [1.165, 1.54) is 7.05 Å². The minimum absolute atomic E-state index is 0.192. The van der Waals surface area contributed by atoms with E-state index in [-0.39, 0.29) is 37.1 Å². The lowest BCUT2D eigenvalue weighted by atomic mass is 10.0. The Labute approximate surface area is 181 Å². The number of nitrogens with two attached hydrogens (primary N) is 1. The predicted molar refractivity (Wildman–Crippen MR) is 108 cm³/mol. The number of carbonyl (C=O) groups is 4. The number of benzene rings is 1. The molecule has 0 spiro atoms. The molecule has 28 heavy (non-hydrogen) atoms. The zero-order chi connectivity index (χ0) is 21.8. The molecule has 0 heterocycles. The second-order valence-electron chi connectivity index (χ2n) is 5.96. The van der Waals surface area contributed by atoms with Crippen LogP contribution in [0, 0.1) is 5.92 Å². The van der Waals surface area contributed by atoms with E-state index in [4.69, 9.17) is 52.1 Å². The molecule has 0 bridgehead atoms. The summed E-state index contributed by atoms with van der Waals surface area (Å²) in [6.07, 6.45) is 0. The van der Waals surface area contributed by atoms with Gasteiger partial charge in [0.1, 0.15) is 6.04 Å². The smallest absolute Gasteiger partial charge is 0.254 e. The van der Waals surface area contributed by atoms with Crippen LogP contribution in [0.2, 0.25) is 20.1 Å². The van der Waals surface area contributed by atoms with Crippen molar-refractivity contribution in [3.63, 3.8) is 0 Å². The minimum atomic E-state index is -0.908. The fourth-order valence-corrected chi connectivity index (χ4v) is 3.25. The molecule has 0 saturated heterocycles. The molecule has 1 atom stereocenters. The molecule has 0 aliphatic rings. The number of nitrogens with one attached hydrogen (secondary N) is 3. The average Bonchev–Trinajstić information content (AvgIpc) is 2.63. The first-order chi connectivity index (χ1) is 12.9. The van der Waals surface area contributed by atoms with Crippen LogP contribution in [-0.2, 0) is 9.59 Å². The maximum Gasteiger partial charge on any atom is 0.254 e. The van der Waals surface area contributed by atoms with Gasteiger partial charge >= 0.3 is 0 Å². The number of halogens is 4. The fourth-order valence-electron chi connectivity index (χ4n) is 2.22. The first kappa shape index (κ1) is 24.3. The quantitative estimate of drug-likeness (QED) is 0.357. The summed E-state index contributed by atoms with van der Waals surface area (Å²) >= 11 is 24.0. The average molecular weight is 472 g/mol. The van der Waals surface area contributed by atoms with E-state index in [0.717, 1.165) is 0 Å². The molecular formula is C16H18Cl4N4O4. The molecule has 4 amide bonds. The molecule has 0 radical (unpaired) electrons. The summed E-state index contributed by atoms with van der Waals surface area (Å²) < 4.78 is 0. The van der Waals surface area contributed by atoms with E-state index >= 15 is 0 Å². The highest BCUT2D eigenvalue weighted by Gasteiger charge is 2.29. The zero-order valence-corrected chi connectivity index (χ0v) is 18.1. The van der Waals surface area contributed by atoms with E-state index in [1.807, 2.05) is 0 Å². The summed E-state index contributed by atoms with van der Waals surface area (Å²) in [4.78, 5) is 48.1. The van der Waals surface area contributed by atoms with Gasteiger partial charge in [0.05, 0.1) is 37.8 Å². The summed E-state index contributed by atoms with van der Waals surface area (Å²) in [6.45, 7) is 2.87. The summed E-state index contributed by atoms with van der Waals surface area (Å²) in [5, 5.41) is 6.03. The topological polar surface area (TPSA) is 130 Å². The second-order valence-corrected chi connectivity index (χ2v) is 7.47. The number of rotatable bonds is 7. The molecule has 0 fully saturated rings. The zero-order valence-electron chi connectivity index (χ0n) is 15.1. The predicted octanol–water partition coefficient (Wildman–Crippen LogP) is 2.02. The number of hydrogen-bond acceptors (Lipinski definition) is 4. The molecule has 1 aromatic rings. The molecule has 5 N–H and O–H groups in total. The Bertz CT molecular complexity index is 830. The van der Waals surface area contributed by atoms with Gasteiger partial charge in [-0.1, -0.05) is 60.3 Å². The van der Waals surface area contributed by atoms with Crippen molar-refractivity contribution in [2.24, 2.45) is 11.7 Å². The third-order valence-corrected chi connectivity index (χ3v) is 5.45. The Morgan fingerprint density at radius 1 is 0.893 bits per heavy atom. The van der Waals surface area contributed by atoms with Crippen molar-refractivity contribution < 1.29 is 19.2 Å². The molecule has 154 valence electrons. The van der Waals surface area contributed by atoms with Crippen LogP contribution in [0.25, 0.3) is 0 Å². The van der Waals surface area contributed by atoms with Gasteiger partial charge in [-0.2, -0.15) is 0 Å². The second kappa shape index (κ2) is 10.2. The largest absolute Gasteiger partial charge is 0.368 e. The SMILES string of the molecule is CNC(=O)c1c(Cl)c(Cl)c(Cl)c(Cl)c1C(=O)NCC(=O)N[C@H](C(N)=O)C(C)C. The van der Waals surface area contributed by atoms with Crippen molar-refractivity contribution in [1.29, 1.82) is 0 Å². The maximum absolute atomic E-state index is 12.6. The monoisotopic (exact) mass is 470 g/mol. The number of hydrogen-bond donors (Lipinski definition) is 4. The van der Waals surface area contributed by atoms with Crippen LogP contribution in [0.15, 0.2) is 0 Å². The molecule has 0 unspecified atom stereocenters. The third kappa shape index (κ3) is 5.41. The molecule has 1 rings (SSSR count). The van der Waals surface area contributed by atoms with E-state index in [1.54, 1.807) is 13.8 Å². The highest BCUT2D eigenvalue weighted by molar-refractivity contribution is 6.54. The Balaban J connectivity index is 3.12. The van der Waals surface area contributed by atoms with E-state index < -0.39 is 36.2 Å². The van der Waals surface area contributed by atoms with Gasteiger partial charge in [-0.15, -0.1) is 0 Å². The van der Waals surface area contributed by atoms with Gasteiger partial charge in [0.15, 0.2) is 0 Å². The molecule has 1 aromatic carbocycles. The lowest BCUT2D eigenvalue weighted by Crippen LogP contribution is -2.50. The molecule has 12 heteroatoms. The van der Waals surface area contributed by atoms with E-state index in [2.05, 4.69) is 16.0 Å². The number of carbonyl (C=O) groups excluding carboxylic acids is 4. The van der Waals surface area contributed by atoms with Crippen molar-refractivity contribution in [3.8, 4) is 0 Å². The van der Waals surface area contributed by atoms with Crippen LogP contribution < -0.4 is 21.7 Å². The first-order valence-corrected chi connectivity index (χ1v) is 9.40. The van der Waals surface area contributed by atoms with Gasteiger partial charge in [0.25, 0.3) is 11.8 Å². The lowest BCUT2D eigenvalue weighted by molar-refractivity contribution is -0.127. The number of amides is 4. The molecule has 0 saturated carbocycles. The summed E-state index contributed by atoms with van der Waals surface area (Å²) in [7, 11) is 1.32. The fraction of sp³-hybridized carbons (Fsp3) is 0.375. The van der Waals surface area contributed by atoms with Gasteiger partial charge in [0, 0.05) is 7.05 Å². The Morgan fingerprint density at radius 3 is 1.75 bits per heavy atom. The van der Waals surface area contributed by atoms with Crippen molar-refractivity contribution in [3.05, 3.63) is 31.2 Å². The summed E-state index contributed by atoms with van der Waals surface area (Å²) in [5.74, 6) is -3.25. The molecule has 0 aromatic heterocycles. The maximum atomic E-state index is 12.6.